The zero-order valence-electron chi connectivity index (χ0n) is 10.1. The molecule has 0 aliphatic heterocycles. The number of hydrogen-bond donors (Lipinski definition) is 0. The zero-order chi connectivity index (χ0) is 13.3. The van der Waals surface area contributed by atoms with Gasteiger partial charge in [-0.1, -0.05) is 35.4 Å². The van der Waals surface area contributed by atoms with Gasteiger partial charge >= 0.3 is 5.82 Å². The van der Waals surface area contributed by atoms with Crippen LogP contribution in [-0.4, -0.2) is 14.7 Å². The van der Waals surface area contributed by atoms with Gasteiger partial charge in [0.25, 0.3) is 0 Å². The second-order valence-corrected chi connectivity index (χ2v) is 4.59. The minimum Gasteiger partial charge on any atom is -0.358 e. The maximum atomic E-state index is 10.7. The van der Waals surface area contributed by atoms with Crippen LogP contribution in [0.25, 0.3) is 0 Å². The maximum Gasteiger partial charge on any atom is 0.408 e. The molecule has 0 aliphatic carbocycles. The number of aryl methyl sites for hydroxylation is 2. The summed E-state index contributed by atoms with van der Waals surface area (Å²) in [6.45, 7) is 4.47. The number of benzene rings is 1. The molecule has 0 amide bonds. The summed E-state index contributed by atoms with van der Waals surface area (Å²) in [5, 5.41) is 14.6. The van der Waals surface area contributed by atoms with E-state index in [9.17, 15) is 10.1 Å². The van der Waals surface area contributed by atoms with E-state index in [1.807, 2.05) is 32.0 Å². The van der Waals surface area contributed by atoms with Crippen LogP contribution in [0.5, 0.6) is 0 Å². The van der Waals surface area contributed by atoms with Gasteiger partial charge in [-0.05, 0) is 29.9 Å². The fourth-order valence-electron chi connectivity index (χ4n) is 1.74. The Labute approximate surface area is 109 Å². The third kappa shape index (κ3) is 2.51. The Hall–Kier alpha value is -1.88. The van der Waals surface area contributed by atoms with Crippen LogP contribution in [0.4, 0.5) is 5.82 Å². The predicted octanol–water partition coefficient (Wildman–Crippen LogP) is 3.11. The Balaban J connectivity index is 2.31. The van der Waals surface area contributed by atoms with Crippen LogP contribution in [-0.2, 0) is 6.54 Å². The zero-order valence-corrected chi connectivity index (χ0v) is 10.8. The molecule has 2 rings (SSSR count). The summed E-state index contributed by atoms with van der Waals surface area (Å²) < 4.78 is 1.49. The van der Waals surface area contributed by atoms with E-state index >= 15 is 0 Å². The Morgan fingerprint density at radius 2 is 2.17 bits per heavy atom. The summed E-state index contributed by atoms with van der Waals surface area (Å²) >= 11 is 5.75. The molecule has 0 bridgehead atoms. The average molecular weight is 266 g/mol. The molecule has 1 aromatic carbocycles. The average Bonchev–Trinajstić information content (AvgIpc) is 2.65. The largest absolute Gasteiger partial charge is 0.408 e. The summed E-state index contributed by atoms with van der Waals surface area (Å²) in [7, 11) is 0. The molecule has 18 heavy (non-hydrogen) atoms. The van der Waals surface area contributed by atoms with Crippen LogP contribution in [0.3, 0.4) is 0 Å². The van der Waals surface area contributed by atoms with Crippen LogP contribution in [0.1, 0.15) is 16.7 Å². The lowest BCUT2D eigenvalue weighted by atomic mass is 10.1. The highest BCUT2D eigenvalue weighted by atomic mass is 35.5. The Morgan fingerprint density at radius 1 is 1.44 bits per heavy atom. The Morgan fingerprint density at radius 3 is 2.78 bits per heavy atom. The molecule has 0 radical (unpaired) electrons. The van der Waals surface area contributed by atoms with Crippen LogP contribution in [0.2, 0.25) is 5.02 Å². The van der Waals surface area contributed by atoms with Crippen LogP contribution in [0, 0.1) is 24.0 Å². The SMILES string of the molecule is Cc1ccc(C)c(Cn2cc(Cl)c([N+](=O)[O-])n2)c1. The fraction of sp³-hybridized carbons (Fsp3) is 0.250. The van der Waals surface area contributed by atoms with Crippen molar-refractivity contribution in [3.8, 4) is 0 Å². The van der Waals surface area contributed by atoms with Crippen LogP contribution < -0.4 is 0 Å². The first-order chi connectivity index (χ1) is 8.47. The quantitative estimate of drug-likeness (QED) is 0.633. The molecule has 5 nitrogen and oxygen atoms in total. The van der Waals surface area contributed by atoms with Crippen molar-refractivity contribution < 1.29 is 4.92 Å². The van der Waals surface area contributed by atoms with E-state index in [4.69, 9.17) is 11.6 Å². The molecule has 0 N–H and O–H groups in total. The smallest absolute Gasteiger partial charge is 0.358 e. The number of nitro groups is 1. The first-order valence-corrected chi connectivity index (χ1v) is 5.78. The van der Waals surface area contributed by atoms with E-state index in [0.717, 1.165) is 16.7 Å². The molecular weight excluding hydrogens is 254 g/mol. The van der Waals surface area contributed by atoms with Gasteiger partial charge in [-0.25, -0.2) is 0 Å². The highest BCUT2D eigenvalue weighted by molar-refractivity contribution is 6.32. The van der Waals surface area contributed by atoms with E-state index in [1.165, 1.54) is 10.9 Å². The third-order valence-electron chi connectivity index (χ3n) is 2.71. The van der Waals surface area contributed by atoms with Gasteiger partial charge in [-0.3, -0.25) is 0 Å². The van der Waals surface area contributed by atoms with Crippen LogP contribution >= 0.6 is 11.6 Å². The molecular formula is C12H12ClN3O2. The highest BCUT2D eigenvalue weighted by Gasteiger charge is 2.19. The number of hydrogen-bond acceptors (Lipinski definition) is 3. The van der Waals surface area contributed by atoms with Crippen LogP contribution in [0.15, 0.2) is 24.4 Å². The second-order valence-electron chi connectivity index (χ2n) is 4.19. The molecule has 1 aromatic heterocycles. The molecule has 0 saturated carbocycles. The van der Waals surface area contributed by atoms with Crippen molar-refractivity contribution in [2.45, 2.75) is 20.4 Å². The van der Waals surface area contributed by atoms with Gasteiger partial charge in [0.05, 0.1) is 17.8 Å². The Kier molecular flexibility index (Phi) is 3.34. The number of aromatic nitrogens is 2. The summed E-state index contributed by atoms with van der Waals surface area (Å²) in [6, 6.07) is 6.08. The molecule has 0 saturated heterocycles. The first-order valence-electron chi connectivity index (χ1n) is 5.41. The summed E-state index contributed by atoms with van der Waals surface area (Å²) in [5.74, 6) is -0.304. The molecule has 6 heteroatoms. The highest BCUT2D eigenvalue weighted by Crippen LogP contribution is 2.22. The monoisotopic (exact) mass is 265 g/mol. The van der Waals surface area contributed by atoms with E-state index in [2.05, 4.69) is 5.10 Å². The van der Waals surface area contributed by atoms with Crippen molar-refractivity contribution in [2.24, 2.45) is 0 Å². The number of nitrogens with zero attached hydrogens (tertiary/aromatic N) is 3. The maximum absolute atomic E-state index is 10.7. The third-order valence-corrected chi connectivity index (χ3v) is 2.98. The lowest BCUT2D eigenvalue weighted by Crippen LogP contribution is -2.03. The van der Waals surface area contributed by atoms with Gasteiger partial charge in [-0.15, -0.1) is 0 Å². The first kappa shape index (κ1) is 12.6. The van der Waals surface area contributed by atoms with Crippen molar-refractivity contribution in [3.63, 3.8) is 0 Å². The molecule has 1 heterocycles. The topological polar surface area (TPSA) is 61.0 Å². The number of halogens is 1. The molecule has 2 aromatic rings. The van der Waals surface area contributed by atoms with Crippen molar-refractivity contribution in [1.82, 2.24) is 9.78 Å². The van der Waals surface area contributed by atoms with E-state index in [0.29, 0.717) is 6.54 Å². The summed E-state index contributed by atoms with van der Waals surface area (Å²) in [5.41, 5.74) is 3.34. The minimum atomic E-state index is -0.581. The lowest BCUT2D eigenvalue weighted by molar-refractivity contribution is -0.389. The van der Waals surface area contributed by atoms with Gasteiger partial charge in [0.15, 0.2) is 5.02 Å². The number of rotatable bonds is 3. The van der Waals surface area contributed by atoms with E-state index < -0.39 is 4.92 Å². The van der Waals surface area contributed by atoms with Gasteiger partial charge in [0.2, 0.25) is 0 Å². The normalized spacial score (nSPS) is 10.6. The van der Waals surface area contributed by atoms with Crippen molar-refractivity contribution in [1.29, 1.82) is 0 Å². The van der Waals surface area contributed by atoms with Crippen molar-refractivity contribution in [3.05, 3.63) is 56.2 Å². The van der Waals surface area contributed by atoms with E-state index in [-0.39, 0.29) is 10.8 Å². The molecule has 94 valence electrons. The standard InChI is InChI=1S/C12H12ClN3O2/c1-8-3-4-9(2)10(5-8)6-15-7-11(13)12(14-15)16(17)18/h3-5,7H,6H2,1-2H3. The summed E-state index contributed by atoms with van der Waals surface area (Å²) in [6.07, 6.45) is 1.47. The van der Waals surface area contributed by atoms with E-state index in [1.54, 1.807) is 0 Å². The van der Waals surface area contributed by atoms with Gasteiger partial charge in [-0.2, -0.15) is 4.68 Å². The predicted molar refractivity (Wildman–Crippen MR) is 68.9 cm³/mol. The van der Waals surface area contributed by atoms with Gasteiger partial charge in [0, 0.05) is 0 Å². The Bertz CT molecular complexity index is 607. The van der Waals surface area contributed by atoms with Gasteiger partial charge in [0.1, 0.15) is 0 Å². The van der Waals surface area contributed by atoms with Gasteiger partial charge < -0.3 is 10.1 Å². The molecule has 0 aliphatic rings. The second kappa shape index (κ2) is 4.78. The fourth-order valence-corrected chi connectivity index (χ4v) is 1.96. The lowest BCUT2D eigenvalue weighted by Gasteiger charge is -2.04. The van der Waals surface area contributed by atoms with Crippen molar-refractivity contribution in [2.75, 3.05) is 0 Å². The molecule has 0 unspecified atom stereocenters. The summed E-state index contributed by atoms with van der Waals surface area (Å²) in [4.78, 5) is 10.1. The minimum absolute atomic E-state index is 0.0605. The molecule has 0 fully saturated rings. The molecule has 0 spiro atoms. The molecule has 0 atom stereocenters. The van der Waals surface area contributed by atoms with Crippen molar-refractivity contribution >= 4 is 17.4 Å².